The number of benzene rings is 3. The molecule has 1 aliphatic rings. The highest BCUT2D eigenvalue weighted by atomic mass is 32.2. The Morgan fingerprint density at radius 3 is 2.20 bits per heavy atom. The molecule has 3 aromatic rings. The minimum absolute atomic E-state index is 0.206. The highest BCUT2D eigenvalue weighted by Gasteiger charge is 2.31. The van der Waals surface area contributed by atoms with Gasteiger partial charge in [-0.05, 0) is 86.3 Å². The molecule has 0 aromatic heterocycles. The topological polar surface area (TPSA) is 66.5 Å². The van der Waals surface area contributed by atoms with Gasteiger partial charge in [0.25, 0.3) is 15.9 Å². The fourth-order valence-corrected chi connectivity index (χ4v) is 5.35. The molecule has 0 unspecified atom stereocenters. The molecule has 154 valence electrons. The lowest BCUT2D eigenvalue weighted by atomic mass is 10.1. The number of nitrogens with one attached hydrogen (secondary N) is 1. The van der Waals surface area contributed by atoms with E-state index in [4.69, 9.17) is 0 Å². The molecule has 1 aliphatic heterocycles. The van der Waals surface area contributed by atoms with Gasteiger partial charge in [0, 0.05) is 17.8 Å². The van der Waals surface area contributed by atoms with Crippen LogP contribution in [-0.4, -0.2) is 20.9 Å². The summed E-state index contributed by atoms with van der Waals surface area (Å²) in [5.41, 5.74) is 5.93. The number of aryl methyl sites for hydroxylation is 3. The van der Waals surface area contributed by atoms with Crippen molar-refractivity contribution in [3.63, 3.8) is 0 Å². The minimum atomic E-state index is -3.63. The third-order valence-corrected chi connectivity index (χ3v) is 7.11. The molecule has 0 atom stereocenters. The maximum atomic E-state index is 13.1. The predicted octanol–water partition coefficient (Wildman–Crippen LogP) is 4.62. The fraction of sp³-hybridized carbons (Fsp3) is 0.208. The molecule has 3 aromatic carbocycles. The average molecular weight is 421 g/mol. The SMILES string of the molecule is Cc1ccc(S(=O)(=O)N2CCc3cc(C(=O)Nc4cc(C)cc(C)c4)ccc32)cc1. The van der Waals surface area contributed by atoms with Crippen molar-refractivity contribution in [2.24, 2.45) is 0 Å². The Balaban J connectivity index is 1.59. The average Bonchev–Trinajstić information content (AvgIpc) is 3.11. The summed E-state index contributed by atoms with van der Waals surface area (Å²) in [6, 6.07) is 18.0. The molecule has 6 heteroatoms. The number of hydrogen-bond donors (Lipinski definition) is 1. The van der Waals surface area contributed by atoms with Crippen molar-refractivity contribution in [2.75, 3.05) is 16.2 Å². The van der Waals surface area contributed by atoms with Gasteiger partial charge in [0.15, 0.2) is 0 Å². The van der Waals surface area contributed by atoms with Gasteiger partial charge in [0.2, 0.25) is 0 Å². The van der Waals surface area contributed by atoms with Crippen LogP contribution >= 0.6 is 0 Å². The highest BCUT2D eigenvalue weighted by molar-refractivity contribution is 7.92. The summed E-state index contributed by atoms with van der Waals surface area (Å²) in [6.07, 6.45) is 0.575. The number of sulfonamides is 1. The van der Waals surface area contributed by atoms with E-state index >= 15 is 0 Å². The number of carbonyl (C=O) groups excluding carboxylic acids is 1. The normalized spacial score (nSPS) is 13.2. The van der Waals surface area contributed by atoms with Crippen molar-refractivity contribution in [3.8, 4) is 0 Å². The van der Waals surface area contributed by atoms with E-state index < -0.39 is 10.0 Å². The van der Waals surface area contributed by atoms with Gasteiger partial charge >= 0.3 is 0 Å². The van der Waals surface area contributed by atoms with Gasteiger partial charge in [-0.25, -0.2) is 8.42 Å². The molecule has 0 fully saturated rings. The van der Waals surface area contributed by atoms with Gasteiger partial charge in [-0.3, -0.25) is 9.10 Å². The Hall–Kier alpha value is -3.12. The van der Waals surface area contributed by atoms with Crippen LogP contribution in [0.15, 0.2) is 65.6 Å². The summed E-state index contributed by atoms with van der Waals surface area (Å²) in [7, 11) is -3.63. The van der Waals surface area contributed by atoms with E-state index in [1.54, 1.807) is 42.5 Å². The van der Waals surface area contributed by atoms with Crippen LogP contribution in [0.2, 0.25) is 0 Å². The van der Waals surface area contributed by atoms with Crippen LogP contribution in [0, 0.1) is 20.8 Å². The fourth-order valence-electron chi connectivity index (χ4n) is 3.85. The molecule has 0 spiro atoms. The largest absolute Gasteiger partial charge is 0.322 e. The number of nitrogens with zero attached hydrogens (tertiary/aromatic N) is 1. The van der Waals surface area contributed by atoms with Gasteiger partial charge < -0.3 is 5.32 Å². The molecule has 1 heterocycles. The molecule has 0 saturated carbocycles. The van der Waals surface area contributed by atoms with E-state index in [1.807, 2.05) is 39.0 Å². The number of rotatable bonds is 4. The van der Waals surface area contributed by atoms with Gasteiger partial charge in [-0.2, -0.15) is 0 Å². The summed E-state index contributed by atoms with van der Waals surface area (Å²) < 4.78 is 27.6. The Kier molecular flexibility index (Phi) is 5.12. The molecule has 0 aliphatic carbocycles. The number of amides is 1. The molecule has 0 saturated heterocycles. The third kappa shape index (κ3) is 3.83. The Morgan fingerprint density at radius 2 is 1.53 bits per heavy atom. The first-order valence-corrected chi connectivity index (χ1v) is 11.3. The van der Waals surface area contributed by atoms with Crippen molar-refractivity contribution in [2.45, 2.75) is 32.1 Å². The molecule has 1 amide bonds. The first kappa shape index (κ1) is 20.2. The van der Waals surface area contributed by atoms with E-state index in [-0.39, 0.29) is 10.8 Å². The van der Waals surface area contributed by atoms with Crippen LogP contribution in [0.1, 0.15) is 32.6 Å². The maximum absolute atomic E-state index is 13.1. The van der Waals surface area contributed by atoms with E-state index in [0.29, 0.717) is 24.2 Å². The van der Waals surface area contributed by atoms with Crippen LogP contribution in [0.4, 0.5) is 11.4 Å². The van der Waals surface area contributed by atoms with Crippen molar-refractivity contribution in [1.82, 2.24) is 0 Å². The van der Waals surface area contributed by atoms with Crippen molar-refractivity contribution in [3.05, 3.63) is 88.5 Å². The summed E-state index contributed by atoms with van der Waals surface area (Å²) in [6.45, 7) is 6.27. The van der Waals surface area contributed by atoms with E-state index in [1.165, 1.54) is 4.31 Å². The summed E-state index contributed by atoms with van der Waals surface area (Å²) >= 11 is 0. The van der Waals surface area contributed by atoms with E-state index in [2.05, 4.69) is 5.32 Å². The lowest BCUT2D eigenvalue weighted by Gasteiger charge is -2.20. The zero-order valence-electron chi connectivity index (χ0n) is 17.3. The second-order valence-electron chi connectivity index (χ2n) is 7.81. The van der Waals surface area contributed by atoms with Crippen molar-refractivity contribution >= 4 is 27.3 Å². The maximum Gasteiger partial charge on any atom is 0.264 e. The number of carbonyl (C=O) groups is 1. The quantitative estimate of drug-likeness (QED) is 0.670. The predicted molar refractivity (Wildman–Crippen MR) is 120 cm³/mol. The van der Waals surface area contributed by atoms with Gasteiger partial charge in [0.05, 0.1) is 10.6 Å². The van der Waals surface area contributed by atoms with Gasteiger partial charge in [-0.1, -0.05) is 23.8 Å². The molecule has 4 rings (SSSR count). The molecular weight excluding hydrogens is 396 g/mol. The number of fused-ring (bicyclic) bond motifs is 1. The number of hydrogen-bond acceptors (Lipinski definition) is 3. The highest BCUT2D eigenvalue weighted by Crippen LogP contribution is 2.34. The molecule has 0 radical (unpaired) electrons. The van der Waals surface area contributed by atoms with E-state index in [9.17, 15) is 13.2 Å². The summed E-state index contributed by atoms with van der Waals surface area (Å²) in [4.78, 5) is 13.0. The van der Waals surface area contributed by atoms with Crippen LogP contribution in [-0.2, 0) is 16.4 Å². The Morgan fingerprint density at radius 1 is 0.867 bits per heavy atom. The molecule has 0 bridgehead atoms. The molecule has 1 N–H and O–H groups in total. The summed E-state index contributed by atoms with van der Waals surface area (Å²) in [5.74, 6) is -0.206. The smallest absolute Gasteiger partial charge is 0.264 e. The molecule has 5 nitrogen and oxygen atoms in total. The molecular formula is C24H24N2O3S. The van der Waals surface area contributed by atoms with Crippen molar-refractivity contribution in [1.29, 1.82) is 0 Å². The van der Waals surface area contributed by atoms with Gasteiger partial charge in [-0.15, -0.1) is 0 Å². The van der Waals surface area contributed by atoms with Crippen LogP contribution < -0.4 is 9.62 Å². The monoisotopic (exact) mass is 420 g/mol. The minimum Gasteiger partial charge on any atom is -0.322 e. The summed E-state index contributed by atoms with van der Waals surface area (Å²) in [5, 5.41) is 2.93. The number of anilines is 2. The molecule has 30 heavy (non-hydrogen) atoms. The van der Waals surface area contributed by atoms with Crippen LogP contribution in [0.5, 0.6) is 0 Å². The first-order valence-electron chi connectivity index (χ1n) is 9.86. The Labute approximate surface area is 177 Å². The van der Waals surface area contributed by atoms with Crippen LogP contribution in [0.3, 0.4) is 0 Å². The van der Waals surface area contributed by atoms with Gasteiger partial charge in [0.1, 0.15) is 0 Å². The second kappa shape index (κ2) is 7.61. The lowest BCUT2D eigenvalue weighted by Crippen LogP contribution is -2.29. The lowest BCUT2D eigenvalue weighted by molar-refractivity contribution is 0.102. The standard InChI is InChI=1S/C24H24N2O3S/c1-16-4-7-22(8-5-16)30(28,29)26-11-10-19-15-20(6-9-23(19)26)24(27)25-21-13-17(2)12-18(3)14-21/h4-9,12-15H,10-11H2,1-3H3,(H,25,27). The zero-order valence-corrected chi connectivity index (χ0v) is 18.1. The third-order valence-electron chi connectivity index (χ3n) is 5.28. The second-order valence-corrected chi connectivity index (χ2v) is 9.68. The Bertz CT molecular complexity index is 1210. The van der Waals surface area contributed by atoms with Crippen molar-refractivity contribution < 1.29 is 13.2 Å². The first-order chi connectivity index (χ1) is 14.2. The van der Waals surface area contributed by atoms with Crippen LogP contribution in [0.25, 0.3) is 0 Å². The van der Waals surface area contributed by atoms with E-state index in [0.717, 1.165) is 27.9 Å². The zero-order chi connectivity index (χ0) is 21.5.